The van der Waals surface area contributed by atoms with Crippen molar-refractivity contribution in [1.82, 2.24) is 0 Å². The molecular formula is C25H25NO4S. The molecule has 1 heterocycles. The molecule has 0 aromatic heterocycles. The summed E-state index contributed by atoms with van der Waals surface area (Å²) >= 11 is 1.70. The van der Waals surface area contributed by atoms with Gasteiger partial charge in [-0.15, -0.1) is 11.8 Å². The number of anilines is 1. The van der Waals surface area contributed by atoms with Gasteiger partial charge in [-0.1, -0.05) is 42.5 Å². The predicted octanol–water partition coefficient (Wildman–Crippen LogP) is 5.31. The smallest absolute Gasteiger partial charge is 0.237 e. The number of carbonyl (C=O) groups is 1. The zero-order valence-electron chi connectivity index (χ0n) is 18.0. The molecule has 0 radical (unpaired) electrons. The Balaban J connectivity index is 1.81. The van der Waals surface area contributed by atoms with Crippen LogP contribution in [0.4, 0.5) is 5.69 Å². The third kappa shape index (κ3) is 3.72. The third-order valence-electron chi connectivity index (χ3n) is 5.64. The van der Waals surface area contributed by atoms with Gasteiger partial charge in [0.2, 0.25) is 11.7 Å². The normalized spacial score (nSPS) is 17.8. The molecule has 1 unspecified atom stereocenters. The Hall–Kier alpha value is -3.12. The Morgan fingerprint density at radius 2 is 1.42 bits per heavy atom. The lowest BCUT2D eigenvalue weighted by Crippen LogP contribution is -2.53. The van der Waals surface area contributed by atoms with Gasteiger partial charge in [0.1, 0.15) is 0 Å². The van der Waals surface area contributed by atoms with Crippen LogP contribution in [0.1, 0.15) is 23.1 Å². The first-order chi connectivity index (χ1) is 15.1. The number of hydrogen-bond donors (Lipinski definition) is 0. The van der Waals surface area contributed by atoms with Crippen LogP contribution in [0.3, 0.4) is 0 Å². The number of rotatable bonds is 7. The minimum atomic E-state index is -0.250. The first kappa shape index (κ1) is 21.1. The van der Waals surface area contributed by atoms with Gasteiger partial charge in [-0.25, -0.2) is 0 Å². The fourth-order valence-electron chi connectivity index (χ4n) is 4.11. The summed E-state index contributed by atoms with van der Waals surface area (Å²) in [6.45, 7) is 0. The second-order valence-electron chi connectivity index (χ2n) is 7.20. The van der Waals surface area contributed by atoms with Crippen LogP contribution in [0.2, 0.25) is 0 Å². The highest BCUT2D eigenvalue weighted by Gasteiger charge is 2.50. The molecule has 1 saturated heterocycles. The van der Waals surface area contributed by atoms with E-state index in [2.05, 4.69) is 30.5 Å². The largest absolute Gasteiger partial charge is 0.493 e. The predicted molar refractivity (Wildman–Crippen MR) is 124 cm³/mol. The van der Waals surface area contributed by atoms with E-state index in [0.29, 0.717) is 22.9 Å². The van der Waals surface area contributed by atoms with E-state index in [0.717, 1.165) is 11.1 Å². The number of nitrogens with zero attached hydrogens (tertiary/aromatic N) is 1. The highest BCUT2D eigenvalue weighted by atomic mass is 32.2. The van der Waals surface area contributed by atoms with E-state index < -0.39 is 0 Å². The number of ether oxygens (including phenoxy) is 3. The minimum Gasteiger partial charge on any atom is -0.493 e. The summed E-state index contributed by atoms with van der Waals surface area (Å²) in [5.41, 5.74) is 2.81. The van der Waals surface area contributed by atoms with Gasteiger partial charge in [0.05, 0.1) is 39.0 Å². The number of amides is 1. The molecule has 1 amide bonds. The molecule has 0 N–H and O–H groups in total. The SMILES string of the molecule is COc1cc(N2C(=O)[C@H](c3ccccc3)C2c2ccc(SC)cc2)cc(OC)c1OC. The molecule has 31 heavy (non-hydrogen) atoms. The Kier molecular flexibility index (Phi) is 6.09. The van der Waals surface area contributed by atoms with Gasteiger partial charge in [0.15, 0.2) is 11.5 Å². The summed E-state index contributed by atoms with van der Waals surface area (Å²) in [6.07, 6.45) is 2.05. The van der Waals surface area contributed by atoms with Crippen molar-refractivity contribution in [3.63, 3.8) is 0 Å². The molecular weight excluding hydrogens is 410 g/mol. The molecule has 1 aliphatic heterocycles. The molecule has 5 nitrogen and oxygen atoms in total. The van der Waals surface area contributed by atoms with Crippen molar-refractivity contribution in [2.24, 2.45) is 0 Å². The van der Waals surface area contributed by atoms with Crippen LogP contribution in [-0.2, 0) is 4.79 Å². The molecule has 2 atom stereocenters. The van der Waals surface area contributed by atoms with E-state index >= 15 is 0 Å². The van der Waals surface area contributed by atoms with Crippen molar-refractivity contribution < 1.29 is 19.0 Å². The van der Waals surface area contributed by atoms with Crippen molar-refractivity contribution in [1.29, 1.82) is 0 Å². The topological polar surface area (TPSA) is 48.0 Å². The molecule has 6 heteroatoms. The van der Waals surface area contributed by atoms with Crippen LogP contribution in [0.5, 0.6) is 17.2 Å². The highest BCUT2D eigenvalue weighted by Crippen LogP contribution is 2.51. The van der Waals surface area contributed by atoms with E-state index in [4.69, 9.17) is 14.2 Å². The Bertz CT molecular complexity index is 1040. The Morgan fingerprint density at radius 1 is 0.806 bits per heavy atom. The fraction of sp³-hybridized carbons (Fsp3) is 0.240. The maximum Gasteiger partial charge on any atom is 0.237 e. The molecule has 0 aliphatic carbocycles. The quantitative estimate of drug-likeness (QED) is 0.372. The van der Waals surface area contributed by atoms with Crippen molar-refractivity contribution >= 4 is 23.4 Å². The number of hydrogen-bond acceptors (Lipinski definition) is 5. The molecule has 0 spiro atoms. The standard InChI is InChI=1S/C25H25NO4S/c1-28-20-14-18(15-21(29-2)24(20)30-3)26-23(17-10-12-19(31-4)13-11-17)22(25(26)27)16-8-6-5-7-9-16/h5-15,22-23H,1-4H3/t22-,23?/m1/s1. The van der Waals surface area contributed by atoms with Crippen molar-refractivity contribution in [3.05, 3.63) is 77.9 Å². The van der Waals surface area contributed by atoms with Crippen molar-refractivity contribution in [2.75, 3.05) is 32.5 Å². The molecule has 0 saturated carbocycles. The third-order valence-corrected chi connectivity index (χ3v) is 6.38. The summed E-state index contributed by atoms with van der Waals surface area (Å²) in [6, 6.07) is 21.8. The van der Waals surface area contributed by atoms with Crippen LogP contribution < -0.4 is 19.1 Å². The van der Waals surface area contributed by atoms with Crippen LogP contribution >= 0.6 is 11.8 Å². The zero-order valence-corrected chi connectivity index (χ0v) is 18.8. The summed E-state index contributed by atoms with van der Waals surface area (Å²) in [5, 5.41) is 0. The molecule has 1 fully saturated rings. The average Bonchev–Trinajstić information content (AvgIpc) is 2.82. The van der Waals surface area contributed by atoms with E-state index in [-0.39, 0.29) is 17.9 Å². The van der Waals surface area contributed by atoms with Gasteiger partial charge in [0, 0.05) is 17.0 Å². The summed E-state index contributed by atoms with van der Waals surface area (Å²) < 4.78 is 16.5. The van der Waals surface area contributed by atoms with E-state index in [1.54, 1.807) is 33.1 Å². The molecule has 3 aromatic rings. The summed E-state index contributed by atoms with van der Waals surface area (Å²) in [4.78, 5) is 16.4. The average molecular weight is 436 g/mol. The maximum absolute atomic E-state index is 13.4. The van der Waals surface area contributed by atoms with Gasteiger partial charge >= 0.3 is 0 Å². The number of β-lactam (4-membered cyclic amide) rings is 1. The molecule has 4 rings (SSSR count). The number of benzene rings is 3. The zero-order chi connectivity index (χ0) is 22.0. The first-order valence-corrected chi connectivity index (χ1v) is 11.2. The molecule has 160 valence electrons. The van der Waals surface area contributed by atoms with E-state index in [1.807, 2.05) is 47.4 Å². The monoisotopic (exact) mass is 435 g/mol. The van der Waals surface area contributed by atoms with Crippen molar-refractivity contribution in [2.45, 2.75) is 16.9 Å². The van der Waals surface area contributed by atoms with Crippen LogP contribution in [0.25, 0.3) is 0 Å². The van der Waals surface area contributed by atoms with Gasteiger partial charge < -0.3 is 19.1 Å². The van der Waals surface area contributed by atoms with E-state index in [9.17, 15) is 4.79 Å². The van der Waals surface area contributed by atoms with Crippen LogP contribution in [-0.4, -0.2) is 33.5 Å². The van der Waals surface area contributed by atoms with Gasteiger partial charge in [0.25, 0.3) is 0 Å². The summed E-state index contributed by atoms with van der Waals surface area (Å²) in [7, 11) is 4.71. The lowest BCUT2D eigenvalue weighted by atomic mass is 9.77. The Labute approximate surface area is 186 Å². The van der Waals surface area contributed by atoms with Crippen LogP contribution in [0, 0.1) is 0 Å². The highest BCUT2D eigenvalue weighted by molar-refractivity contribution is 7.98. The van der Waals surface area contributed by atoms with Crippen molar-refractivity contribution in [3.8, 4) is 17.2 Å². The lowest BCUT2D eigenvalue weighted by molar-refractivity contribution is -0.126. The van der Waals surface area contributed by atoms with Crippen LogP contribution in [0.15, 0.2) is 71.6 Å². The van der Waals surface area contributed by atoms with Gasteiger partial charge in [-0.05, 0) is 29.5 Å². The molecule has 0 bridgehead atoms. The van der Waals surface area contributed by atoms with Gasteiger partial charge in [-0.3, -0.25) is 4.79 Å². The molecule has 3 aromatic carbocycles. The number of methoxy groups -OCH3 is 3. The first-order valence-electron chi connectivity index (χ1n) is 9.95. The fourth-order valence-corrected chi connectivity index (χ4v) is 4.52. The summed E-state index contributed by atoms with van der Waals surface area (Å²) in [5.74, 6) is 1.33. The molecule has 1 aliphatic rings. The lowest BCUT2D eigenvalue weighted by Gasteiger charge is -2.48. The van der Waals surface area contributed by atoms with Gasteiger partial charge in [-0.2, -0.15) is 0 Å². The van der Waals surface area contributed by atoms with E-state index in [1.165, 1.54) is 4.90 Å². The Morgan fingerprint density at radius 3 is 1.94 bits per heavy atom. The number of carbonyl (C=O) groups excluding carboxylic acids is 1. The number of thioether (sulfide) groups is 1. The maximum atomic E-state index is 13.4. The second kappa shape index (κ2) is 8.94. The second-order valence-corrected chi connectivity index (χ2v) is 8.08. The minimum absolute atomic E-state index is 0.0411.